The van der Waals surface area contributed by atoms with Crippen LogP contribution in [0.25, 0.3) is 11.1 Å². The second-order valence-electron chi connectivity index (χ2n) is 6.27. The number of rotatable bonds is 8. The van der Waals surface area contributed by atoms with Gasteiger partial charge in [-0.15, -0.1) is 0 Å². The van der Waals surface area contributed by atoms with Gasteiger partial charge in [0.1, 0.15) is 12.6 Å². The van der Waals surface area contributed by atoms with Crippen molar-refractivity contribution < 1.29 is 23.8 Å². The van der Waals surface area contributed by atoms with E-state index in [1.165, 1.54) is 7.11 Å². The Balaban J connectivity index is 1.87. The maximum atomic E-state index is 12.5. The van der Waals surface area contributed by atoms with Crippen LogP contribution in [0.2, 0.25) is 0 Å². The van der Waals surface area contributed by atoms with Crippen LogP contribution in [0.1, 0.15) is 17.0 Å². The van der Waals surface area contributed by atoms with Gasteiger partial charge in [0.25, 0.3) is 0 Å². The van der Waals surface area contributed by atoms with Crippen molar-refractivity contribution in [3.05, 3.63) is 59.7 Å². The smallest absolute Gasteiger partial charge is 0.329 e. The van der Waals surface area contributed by atoms with Gasteiger partial charge in [0.15, 0.2) is 0 Å². The predicted octanol–water partition coefficient (Wildman–Crippen LogP) is 2.12. The first-order valence-corrected chi connectivity index (χ1v) is 8.79. The zero-order chi connectivity index (χ0) is 19.2. The molecule has 142 valence electrons. The molecule has 1 aliphatic rings. The van der Waals surface area contributed by atoms with Crippen molar-refractivity contribution in [2.75, 3.05) is 34.0 Å². The van der Waals surface area contributed by atoms with Gasteiger partial charge in [0, 0.05) is 13.0 Å². The summed E-state index contributed by atoms with van der Waals surface area (Å²) in [6.45, 7) is 0.561. The van der Waals surface area contributed by atoms with E-state index < -0.39 is 12.0 Å². The third-order valence-electron chi connectivity index (χ3n) is 4.65. The average Bonchev–Trinajstić information content (AvgIpc) is 3.03. The second-order valence-corrected chi connectivity index (χ2v) is 6.27. The number of esters is 1. The molecule has 1 N–H and O–H groups in total. The number of benzene rings is 2. The normalized spacial score (nSPS) is 13.6. The van der Waals surface area contributed by atoms with Crippen molar-refractivity contribution in [2.24, 2.45) is 0 Å². The Morgan fingerprint density at radius 2 is 1.56 bits per heavy atom. The Morgan fingerprint density at radius 1 is 0.963 bits per heavy atom. The number of fused-ring (bicyclic) bond motifs is 3. The molecule has 6 heteroatoms. The van der Waals surface area contributed by atoms with Gasteiger partial charge in [-0.2, -0.15) is 0 Å². The highest BCUT2D eigenvalue weighted by Crippen LogP contribution is 2.46. The van der Waals surface area contributed by atoms with Crippen molar-refractivity contribution >= 4 is 11.9 Å². The lowest BCUT2D eigenvalue weighted by atomic mass is 9.89. The molecule has 3 rings (SSSR count). The zero-order valence-electron chi connectivity index (χ0n) is 15.4. The fourth-order valence-corrected chi connectivity index (χ4v) is 3.48. The Kier molecular flexibility index (Phi) is 6.21. The number of methoxy groups -OCH3 is 2. The zero-order valence-corrected chi connectivity index (χ0v) is 15.4. The molecule has 6 nitrogen and oxygen atoms in total. The van der Waals surface area contributed by atoms with Crippen LogP contribution in [0.4, 0.5) is 0 Å². The minimum atomic E-state index is -0.835. The number of carbonyl (C=O) groups is 2. The Labute approximate surface area is 158 Å². The molecule has 2 aromatic carbocycles. The van der Waals surface area contributed by atoms with Crippen LogP contribution in [0.15, 0.2) is 48.5 Å². The lowest BCUT2D eigenvalue weighted by Gasteiger charge is -2.24. The molecule has 0 heterocycles. The molecule has 0 saturated heterocycles. The Hall–Kier alpha value is -2.70. The highest BCUT2D eigenvalue weighted by Gasteiger charge is 2.39. The molecule has 0 spiro atoms. The molecule has 0 aliphatic heterocycles. The molecule has 27 heavy (non-hydrogen) atoms. The first kappa shape index (κ1) is 19.1. The predicted molar refractivity (Wildman–Crippen MR) is 100 cm³/mol. The first-order chi connectivity index (χ1) is 13.2. The summed E-state index contributed by atoms with van der Waals surface area (Å²) >= 11 is 0. The van der Waals surface area contributed by atoms with E-state index in [1.54, 1.807) is 7.11 Å². The van der Waals surface area contributed by atoms with Crippen LogP contribution >= 0.6 is 0 Å². The lowest BCUT2D eigenvalue weighted by molar-refractivity contribution is -0.146. The van der Waals surface area contributed by atoms with Crippen molar-refractivity contribution in [3.63, 3.8) is 0 Å². The third kappa shape index (κ3) is 4.02. The number of carbonyl (C=O) groups excluding carboxylic acids is 2. The number of nitrogens with one attached hydrogen (secondary N) is 1. The van der Waals surface area contributed by atoms with Gasteiger partial charge in [0.05, 0.1) is 20.3 Å². The largest absolute Gasteiger partial charge is 0.467 e. The van der Waals surface area contributed by atoms with Crippen molar-refractivity contribution in [3.8, 4) is 11.1 Å². The van der Waals surface area contributed by atoms with E-state index in [-0.39, 0.29) is 18.4 Å². The average molecular weight is 369 g/mol. The fraction of sp³-hybridized carbons (Fsp3) is 0.333. The summed E-state index contributed by atoms with van der Waals surface area (Å²) < 4.78 is 15.1. The fourth-order valence-electron chi connectivity index (χ4n) is 3.48. The topological polar surface area (TPSA) is 73.9 Å². The Bertz CT molecular complexity index is 774. The van der Waals surface area contributed by atoms with Gasteiger partial charge in [-0.1, -0.05) is 48.5 Å². The van der Waals surface area contributed by atoms with Crippen LogP contribution in [0, 0.1) is 0 Å². The minimum Gasteiger partial charge on any atom is -0.467 e. The molecule has 0 aromatic heterocycles. The quantitative estimate of drug-likeness (QED) is 0.570. The second kappa shape index (κ2) is 8.79. The van der Waals surface area contributed by atoms with Gasteiger partial charge < -0.3 is 19.5 Å². The summed E-state index contributed by atoms with van der Waals surface area (Å²) in [5.74, 6) is -1.17. The molecular weight excluding hydrogens is 346 g/mol. The Morgan fingerprint density at radius 3 is 2.11 bits per heavy atom. The van der Waals surface area contributed by atoms with Crippen LogP contribution in [0.3, 0.4) is 0 Å². The summed E-state index contributed by atoms with van der Waals surface area (Å²) in [4.78, 5) is 24.9. The van der Waals surface area contributed by atoms with E-state index >= 15 is 0 Å². The van der Waals surface area contributed by atoms with Crippen molar-refractivity contribution in [1.29, 1.82) is 0 Å². The van der Waals surface area contributed by atoms with Crippen LogP contribution in [-0.2, 0) is 23.8 Å². The van der Waals surface area contributed by atoms with Gasteiger partial charge in [-0.05, 0) is 22.3 Å². The van der Waals surface area contributed by atoms with Crippen LogP contribution < -0.4 is 5.32 Å². The van der Waals surface area contributed by atoms with Gasteiger partial charge in [0.2, 0.25) is 5.91 Å². The van der Waals surface area contributed by atoms with E-state index in [4.69, 9.17) is 14.2 Å². The number of ether oxygens (including phenoxy) is 3. The summed E-state index contributed by atoms with van der Waals surface area (Å²) in [6, 6.07) is 15.0. The van der Waals surface area contributed by atoms with E-state index in [1.807, 2.05) is 48.5 Å². The number of amides is 1. The highest BCUT2D eigenvalue weighted by atomic mass is 16.5. The van der Waals surface area contributed by atoms with Crippen LogP contribution in [0.5, 0.6) is 0 Å². The summed E-state index contributed by atoms with van der Waals surface area (Å²) in [5, 5.41) is 2.79. The molecule has 1 atom stereocenters. The van der Waals surface area contributed by atoms with Crippen molar-refractivity contribution in [1.82, 2.24) is 5.32 Å². The van der Waals surface area contributed by atoms with E-state index in [0.717, 1.165) is 22.3 Å². The first-order valence-electron chi connectivity index (χ1n) is 8.79. The SMILES string of the molecule is COCCOCC(=O)N[C@H](C(=O)OC)C1c2ccccc2-c2ccccc21. The molecule has 0 radical (unpaired) electrons. The third-order valence-corrected chi connectivity index (χ3v) is 4.65. The number of hydrogen-bond acceptors (Lipinski definition) is 5. The molecule has 0 unspecified atom stereocenters. The standard InChI is InChI=1S/C21H23NO5/c1-25-11-12-27-13-18(23)22-20(21(24)26-2)19-16-9-5-3-7-14(16)15-8-4-6-10-17(15)19/h3-10,19-20H,11-13H2,1-2H3,(H,22,23)/t20-/m0/s1. The molecule has 0 saturated carbocycles. The minimum absolute atomic E-state index is 0.146. The molecule has 0 fully saturated rings. The maximum Gasteiger partial charge on any atom is 0.329 e. The van der Waals surface area contributed by atoms with Gasteiger partial charge >= 0.3 is 5.97 Å². The molecule has 1 aliphatic carbocycles. The van der Waals surface area contributed by atoms with E-state index in [2.05, 4.69) is 5.32 Å². The maximum absolute atomic E-state index is 12.5. The lowest BCUT2D eigenvalue weighted by Crippen LogP contribution is -2.46. The summed E-state index contributed by atoms with van der Waals surface area (Å²) in [6.07, 6.45) is 0. The summed E-state index contributed by atoms with van der Waals surface area (Å²) in [7, 11) is 2.88. The molecule has 1 amide bonds. The molecule has 2 aromatic rings. The summed E-state index contributed by atoms with van der Waals surface area (Å²) in [5.41, 5.74) is 4.12. The van der Waals surface area contributed by atoms with E-state index in [0.29, 0.717) is 13.2 Å². The van der Waals surface area contributed by atoms with Crippen LogP contribution in [-0.4, -0.2) is 52.0 Å². The van der Waals surface area contributed by atoms with Gasteiger partial charge in [-0.25, -0.2) is 4.79 Å². The van der Waals surface area contributed by atoms with Crippen molar-refractivity contribution in [2.45, 2.75) is 12.0 Å². The number of hydrogen-bond donors (Lipinski definition) is 1. The van der Waals surface area contributed by atoms with Gasteiger partial charge in [-0.3, -0.25) is 4.79 Å². The van der Waals surface area contributed by atoms with E-state index in [9.17, 15) is 9.59 Å². The molecular formula is C21H23NO5. The molecule has 0 bridgehead atoms. The monoisotopic (exact) mass is 369 g/mol. The highest BCUT2D eigenvalue weighted by molar-refractivity contribution is 5.89.